The van der Waals surface area contributed by atoms with Crippen molar-refractivity contribution >= 4 is 46.2 Å². The number of hydrogen-bond acceptors (Lipinski definition) is 3. The Balaban J connectivity index is 1.98. The van der Waals surface area contributed by atoms with Crippen LogP contribution in [0.25, 0.3) is 22.9 Å². The van der Waals surface area contributed by atoms with Gasteiger partial charge in [-0.15, -0.1) is 11.3 Å². The third-order valence-corrected chi connectivity index (χ3v) is 4.89. The number of allylic oxidation sites excluding steroid dienone is 1. The minimum Gasteiger partial charge on any atom is -0.235 e. The highest BCUT2D eigenvalue weighted by Gasteiger charge is 2.11. The number of nitrogens with zero attached hydrogens (tertiary/aromatic N) is 2. The number of thiazole rings is 1. The third kappa shape index (κ3) is 3.49. The van der Waals surface area contributed by atoms with E-state index in [1.54, 1.807) is 36.4 Å². The maximum absolute atomic E-state index is 13.8. The third-order valence-electron chi connectivity index (χ3n) is 3.28. The lowest BCUT2D eigenvalue weighted by atomic mass is 10.1. The SMILES string of the molecule is N#C/C(=C/c1ccccc1F)c1nc(-c2ccc(Cl)c(Cl)c2)cs1. The van der Waals surface area contributed by atoms with Crippen LogP contribution in [0.3, 0.4) is 0 Å². The molecule has 1 aromatic heterocycles. The van der Waals surface area contributed by atoms with Gasteiger partial charge in [0.15, 0.2) is 0 Å². The molecule has 0 atom stereocenters. The van der Waals surface area contributed by atoms with E-state index in [9.17, 15) is 9.65 Å². The number of rotatable bonds is 3. The molecule has 3 rings (SSSR count). The fraction of sp³-hybridized carbons (Fsp3) is 0. The highest BCUT2D eigenvalue weighted by atomic mass is 35.5. The van der Waals surface area contributed by atoms with Gasteiger partial charge in [0.2, 0.25) is 0 Å². The quantitative estimate of drug-likeness (QED) is 0.502. The molecule has 0 aliphatic rings. The summed E-state index contributed by atoms with van der Waals surface area (Å²) in [6, 6.07) is 13.6. The fourth-order valence-electron chi connectivity index (χ4n) is 2.07. The highest BCUT2D eigenvalue weighted by Crippen LogP contribution is 2.31. The molecule has 6 heteroatoms. The average Bonchev–Trinajstić information content (AvgIpc) is 3.06. The Hall–Kier alpha value is -2.19. The lowest BCUT2D eigenvalue weighted by molar-refractivity contribution is 0.625. The van der Waals surface area contributed by atoms with Crippen molar-refractivity contribution in [1.29, 1.82) is 5.26 Å². The average molecular weight is 375 g/mol. The summed E-state index contributed by atoms with van der Waals surface area (Å²) in [7, 11) is 0. The van der Waals surface area contributed by atoms with Gasteiger partial charge in [-0.2, -0.15) is 5.26 Å². The number of aromatic nitrogens is 1. The molecule has 0 unspecified atom stereocenters. The van der Waals surface area contributed by atoms with Gasteiger partial charge in [0, 0.05) is 16.5 Å². The van der Waals surface area contributed by atoms with Crippen molar-refractivity contribution in [2.75, 3.05) is 0 Å². The van der Waals surface area contributed by atoms with Crippen LogP contribution in [-0.4, -0.2) is 4.98 Å². The van der Waals surface area contributed by atoms with Crippen LogP contribution in [0.15, 0.2) is 47.8 Å². The molecule has 2 nitrogen and oxygen atoms in total. The Kier molecular flexibility index (Phi) is 4.96. The molecule has 0 radical (unpaired) electrons. The lowest BCUT2D eigenvalue weighted by Crippen LogP contribution is -1.85. The number of halogens is 3. The first-order valence-corrected chi connectivity index (χ1v) is 8.49. The molecule has 2 aromatic carbocycles. The van der Waals surface area contributed by atoms with Crippen molar-refractivity contribution in [3.63, 3.8) is 0 Å². The standard InChI is InChI=1S/C18H9Cl2FN2S/c19-14-6-5-12(8-15(14)20)17-10-24-18(23-17)13(9-22)7-11-3-1-2-4-16(11)21/h1-8,10H/b13-7-. The largest absolute Gasteiger partial charge is 0.235 e. The van der Waals surface area contributed by atoms with E-state index in [1.165, 1.54) is 23.5 Å². The molecule has 0 spiro atoms. The van der Waals surface area contributed by atoms with Crippen molar-refractivity contribution in [2.24, 2.45) is 0 Å². The Morgan fingerprint density at radius 2 is 1.96 bits per heavy atom. The van der Waals surface area contributed by atoms with Crippen molar-refractivity contribution < 1.29 is 4.39 Å². The number of hydrogen-bond donors (Lipinski definition) is 0. The van der Waals surface area contributed by atoms with Crippen LogP contribution in [0, 0.1) is 17.1 Å². The molecule has 0 saturated carbocycles. The van der Waals surface area contributed by atoms with Crippen LogP contribution >= 0.6 is 34.5 Å². The van der Waals surface area contributed by atoms with Gasteiger partial charge < -0.3 is 0 Å². The molecule has 1 heterocycles. The molecule has 0 aliphatic heterocycles. The Bertz CT molecular complexity index is 973. The normalized spacial score (nSPS) is 11.3. The topological polar surface area (TPSA) is 36.7 Å². The zero-order valence-electron chi connectivity index (χ0n) is 12.1. The van der Waals surface area contributed by atoms with Crippen LogP contribution in [0.1, 0.15) is 10.6 Å². The van der Waals surface area contributed by atoms with Crippen molar-refractivity contribution in [1.82, 2.24) is 4.98 Å². The van der Waals surface area contributed by atoms with E-state index in [2.05, 4.69) is 11.1 Å². The summed E-state index contributed by atoms with van der Waals surface area (Å²) in [5.41, 5.74) is 2.13. The minimum atomic E-state index is -0.383. The molecule has 0 N–H and O–H groups in total. The van der Waals surface area contributed by atoms with Crippen LogP contribution in [0.2, 0.25) is 10.0 Å². The zero-order valence-corrected chi connectivity index (χ0v) is 14.5. The molecule has 118 valence electrons. The van der Waals surface area contributed by atoms with Gasteiger partial charge >= 0.3 is 0 Å². The van der Waals surface area contributed by atoms with E-state index in [4.69, 9.17) is 23.2 Å². The maximum atomic E-state index is 13.8. The predicted molar refractivity (Wildman–Crippen MR) is 97.5 cm³/mol. The monoisotopic (exact) mass is 374 g/mol. The lowest BCUT2D eigenvalue weighted by Gasteiger charge is -2.00. The van der Waals surface area contributed by atoms with Gasteiger partial charge in [-0.05, 0) is 24.3 Å². The summed E-state index contributed by atoms with van der Waals surface area (Å²) in [6.45, 7) is 0. The van der Waals surface area contributed by atoms with Crippen molar-refractivity contribution in [3.8, 4) is 17.3 Å². The fourth-order valence-corrected chi connectivity index (χ4v) is 3.17. The summed E-state index contributed by atoms with van der Waals surface area (Å²) < 4.78 is 13.8. The molecule has 0 fully saturated rings. The van der Waals surface area contributed by atoms with Crippen molar-refractivity contribution in [2.45, 2.75) is 0 Å². The second-order valence-corrected chi connectivity index (χ2v) is 6.53. The van der Waals surface area contributed by atoms with Gasteiger partial charge in [0.1, 0.15) is 16.9 Å². The number of benzene rings is 2. The van der Waals surface area contributed by atoms with E-state index >= 15 is 0 Å². The summed E-state index contributed by atoms with van der Waals surface area (Å²) in [4.78, 5) is 4.45. The van der Waals surface area contributed by atoms with Gasteiger partial charge in [0.25, 0.3) is 0 Å². The van der Waals surface area contributed by atoms with Crippen molar-refractivity contribution in [3.05, 3.63) is 74.3 Å². The summed E-state index contributed by atoms with van der Waals surface area (Å²) in [5.74, 6) is -0.383. The molecule has 3 aromatic rings. The highest BCUT2D eigenvalue weighted by molar-refractivity contribution is 7.11. The number of nitriles is 1. The first-order chi connectivity index (χ1) is 11.6. The summed E-state index contributed by atoms with van der Waals surface area (Å²) in [6.07, 6.45) is 1.49. The molecule has 24 heavy (non-hydrogen) atoms. The van der Waals surface area contributed by atoms with E-state index in [0.29, 0.717) is 31.9 Å². The smallest absolute Gasteiger partial charge is 0.134 e. The molecule has 0 saturated heterocycles. The minimum absolute atomic E-state index is 0.302. The predicted octanol–water partition coefficient (Wildman–Crippen LogP) is 6.32. The Morgan fingerprint density at radius 3 is 2.67 bits per heavy atom. The molecule has 0 bridgehead atoms. The Morgan fingerprint density at radius 1 is 1.17 bits per heavy atom. The summed E-state index contributed by atoms with van der Waals surface area (Å²) >= 11 is 13.2. The van der Waals surface area contributed by atoms with Gasteiger partial charge in [0.05, 0.1) is 21.3 Å². The van der Waals surface area contributed by atoms with Gasteiger partial charge in [-0.1, -0.05) is 47.5 Å². The van der Waals surface area contributed by atoms with E-state index < -0.39 is 0 Å². The van der Waals surface area contributed by atoms with E-state index in [0.717, 1.165) is 5.56 Å². The zero-order chi connectivity index (χ0) is 17.1. The first-order valence-electron chi connectivity index (χ1n) is 6.86. The van der Waals surface area contributed by atoms with Crippen LogP contribution in [0.4, 0.5) is 4.39 Å². The second kappa shape index (κ2) is 7.14. The molecule has 0 amide bonds. The van der Waals surface area contributed by atoms with Gasteiger partial charge in [-0.25, -0.2) is 9.37 Å². The van der Waals surface area contributed by atoms with Crippen LogP contribution < -0.4 is 0 Å². The molecule has 0 aliphatic carbocycles. The maximum Gasteiger partial charge on any atom is 0.134 e. The summed E-state index contributed by atoms with van der Waals surface area (Å²) in [5, 5.41) is 12.6. The first kappa shape index (κ1) is 16.7. The second-order valence-electron chi connectivity index (χ2n) is 4.86. The van der Waals surface area contributed by atoms with Crippen LogP contribution in [0.5, 0.6) is 0 Å². The van der Waals surface area contributed by atoms with E-state index in [1.807, 2.05) is 5.38 Å². The Labute approximate surface area is 152 Å². The van der Waals surface area contributed by atoms with Crippen LogP contribution in [-0.2, 0) is 0 Å². The van der Waals surface area contributed by atoms with Gasteiger partial charge in [-0.3, -0.25) is 0 Å². The van der Waals surface area contributed by atoms with E-state index in [-0.39, 0.29) is 5.82 Å². The molecular weight excluding hydrogens is 366 g/mol. The molecular formula is C18H9Cl2FN2S.